The van der Waals surface area contributed by atoms with Gasteiger partial charge >= 0.3 is 5.69 Å². The van der Waals surface area contributed by atoms with Crippen molar-refractivity contribution in [3.05, 3.63) is 56.2 Å². The van der Waals surface area contributed by atoms with Crippen LogP contribution >= 0.6 is 0 Å². The predicted molar refractivity (Wildman–Crippen MR) is 123 cm³/mol. The SMILES string of the molecule is O=C(NCCC[NH+]1CCOCC1)c1ccc2c(=O)n(CCC3=CCCCC3)c(=O)[nH]c2c1. The van der Waals surface area contributed by atoms with Gasteiger partial charge in [0.25, 0.3) is 11.5 Å². The average Bonchev–Trinajstić information content (AvgIpc) is 2.82. The van der Waals surface area contributed by atoms with Crippen LogP contribution in [0.5, 0.6) is 0 Å². The molecule has 0 saturated carbocycles. The molecule has 8 nitrogen and oxygen atoms in total. The van der Waals surface area contributed by atoms with E-state index < -0.39 is 5.69 Å². The second-order valence-corrected chi connectivity index (χ2v) is 8.73. The number of quaternary nitrogens is 1. The highest BCUT2D eigenvalue weighted by molar-refractivity contribution is 5.97. The summed E-state index contributed by atoms with van der Waals surface area (Å²) in [6.07, 6.45) is 8.37. The lowest BCUT2D eigenvalue weighted by molar-refractivity contribution is -0.908. The number of fused-ring (bicyclic) bond motifs is 1. The minimum absolute atomic E-state index is 0.196. The summed E-state index contributed by atoms with van der Waals surface area (Å²) in [5.41, 5.74) is 1.44. The molecule has 8 heteroatoms. The van der Waals surface area contributed by atoms with Gasteiger partial charge < -0.3 is 19.9 Å². The zero-order valence-electron chi connectivity index (χ0n) is 18.6. The van der Waals surface area contributed by atoms with Crippen LogP contribution < -0.4 is 21.5 Å². The molecule has 1 aromatic heterocycles. The fraction of sp³-hybridized carbons (Fsp3) is 0.542. The van der Waals surface area contributed by atoms with Crippen LogP contribution in [0.2, 0.25) is 0 Å². The molecule has 0 bridgehead atoms. The highest BCUT2D eigenvalue weighted by Crippen LogP contribution is 2.20. The van der Waals surface area contributed by atoms with Crippen molar-refractivity contribution in [1.82, 2.24) is 14.9 Å². The number of nitrogens with zero attached hydrogens (tertiary/aromatic N) is 1. The quantitative estimate of drug-likeness (QED) is 0.413. The minimum Gasteiger partial charge on any atom is -0.370 e. The van der Waals surface area contributed by atoms with Gasteiger partial charge in [-0.05, 0) is 50.3 Å². The van der Waals surface area contributed by atoms with Crippen LogP contribution in [0.25, 0.3) is 10.9 Å². The lowest BCUT2D eigenvalue weighted by Crippen LogP contribution is -3.14. The summed E-state index contributed by atoms with van der Waals surface area (Å²) in [6.45, 7) is 5.61. The number of carbonyl (C=O) groups excluding carboxylic acids is 1. The molecule has 1 aliphatic heterocycles. The largest absolute Gasteiger partial charge is 0.370 e. The molecule has 2 aliphatic rings. The molecule has 0 spiro atoms. The topological polar surface area (TPSA) is 97.6 Å². The molecule has 0 radical (unpaired) electrons. The number of benzene rings is 1. The van der Waals surface area contributed by atoms with Crippen LogP contribution in [0.3, 0.4) is 0 Å². The Hall–Kier alpha value is -2.71. The number of hydrogen-bond acceptors (Lipinski definition) is 4. The molecule has 1 aromatic carbocycles. The third kappa shape index (κ3) is 5.55. The van der Waals surface area contributed by atoms with E-state index in [2.05, 4.69) is 16.4 Å². The van der Waals surface area contributed by atoms with Crippen molar-refractivity contribution in [1.29, 1.82) is 0 Å². The fourth-order valence-corrected chi connectivity index (χ4v) is 4.54. The number of allylic oxidation sites excluding steroid dienone is 2. The van der Waals surface area contributed by atoms with Gasteiger partial charge in [-0.15, -0.1) is 0 Å². The Morgan fingerprint density at radius 3 is 2.81 bits per heavy atom. The molecule has 2 aromatic rings. The summed E-state index contributed by atoms with van der Waals surface area (Å²) < 4.78 is 6.63. The van der Waals surface area contributed by atoms with Gasteiger partial charge in [0.15, 0.2) is 0 Å². The molecule has 1 aliphatic carbocycles. The number of hydrogen-bond donors (Lipinski definition) is 3. The number of aromatic nitrogens is 2. The minimum atomic E-state index is -0.426. The van der Waals surface area contributed by atoms with E-state index in [4.69, 9.17) is 4.74 Å². The number of ether oxygens (including phenoxy) is 1. The van der Waals surface area contributed by atoms with Gasteiger partial charge in [-0.3, -0.25) is 14.2 Å². The Morgan fingerprint density at radius 1 is 1.19 bits per heavy atom. The van der Waals surface area contributed by atoms with Gasteiger partial charge in [-0.1, -0.05) is 11.6 Å². The number of rotatable bonds is 8. The van der Waals surface area contributed by atoms with Crippen molar-refractivity contribution in [2.45, 2.75) is 45.1 Å². The third-order valence-corrected chi connectivity index (χ3v) is 6.48. The zero-order chi connectivity index (χ0) is 22.3. The fourth-order valence-electron chi connectivity index (χ4n) is 4.54. The lowest BCUT2D eigenvalue weighted by Gasteiger charge is -2.23. The Bertz CT molecular complexity index is 1100. The van der Waals surface area contributed by atoms with Crippen molar-refractivity contribution in [3.63, 3.8) is 0 Å². The highest BCUT2D eigenvalue weighted by Gasteiger charge is 2.14. The summed E-state index contributed by atoms with van der Waals surface area (Å²) in [4.78, 5) is 42.2. The van der Waals surface area contributed by atoms with E-state index in [9.17, 15) is 14.4 Å². The molecule has 1 saturated heterocycles. The molecule has 32 heavy (non-hydrogen) atoms. The van der Waals surface area contributed by atoms with Crippen molar-refractivity contribution in [2.75, 3.05) is 39.4 Å². The number of morpholine rings is 1. The second-order valence-electron chi connectivity index (χ2n) is 8.73. The maximum atomic E-state index is 12.9. The zero-order valence-corrected chi connectivity index (χ0v) is 18.6. The normalized spacial score (nSPS) is 17.3. The first-order valence-electron chi connectivity index (χ1n) is 11.8. The first kappa shape index (κ1) is 22.5. The maximum absolute atomic E-state index is 12.9. The second kappa shape index (κ2) is 10.7. The van der Waals surface area contributed by atoms with Crippen LogP contribution in [0.4, 0.5) is 0 Å². The van der Waals surface area contributed by atoms with Crippen LogP contribution in [-0.2, 0) is 11.3 Å². The van der Waals surface area contributed by atoms with E-state index in [0.29, 0.717) is 29.6 Å². The Morgan fingerprint density at radius 2 is 2.03 bits per heavy atom. The van der Waals surface area contributed by atoms with E-state index in [1.807, 2.05) is 0 Å². The summed E-state index contributed by atoms with van der Waals surface area (Å²) in [5, 5.41) is 3.36. The summed E-state index contributed by atoms with van der Waals surface area (Å²) in [6, 6.07) is 4.88. The molecule has 0 atom stereocenters. The third-order valence-electron chi connectivity index (χ3n) is 6.48. The molecule has 1 amide bonds. The van der Waals surface area contributed by atoms with Crippen LogP contribution in [0.1, 0.15) is 48.9 Å². The maximum Gasteiger partial charge on any atom is 0.328 e. The van der Waals surface area contributed by atoms with E-state index in [1.54, 1.807) is 18.2 Å². The van der Waals surface area contributed by atoms with Crippen LogP contribution in [0, 0.1) is 0 Å². The summed E-state index contributed by atoms with van der Waals surface area (Å²) >= 11 is 0. The van der Waals surface area contributed by atoms with E-state index in [0.717, 1.165) is 58.5 Å². The molecule has 2 heterocycles. The van der Waals surface area contributed by atoms with Crippen molar-refractivity contribution < 1.29 is 14.4 Å². The smallest absolute Gasteiger partial charge is 0.328 e. The highest BCUT2D eigenvalue weighted by atomic mass is 16.5. The van der Waals surface area contributed by atoms with Crippen molar-refractivity contribution in [2.24, 2.45) is 0 Å². The molecular formula is C24H33N4O4+. The van der Waals surface area contributed by atoms with E-state index >= 15 is 0 Å². The standard InChI is InChI=1S/C24H32N4O4/c29-22(25-10-4-11-27-13-15-32-16-14-27)19-7-8-20-21(17-19)26-24(31)28(23(20)30)12-9-18-5-2-1-3-6-18/h5,7-8,17H,1-4,6,9-16H2,(H,25,29)(H,26,31)/p+1. The van der Waals surface area contributed by atoms with Gasteiger partial charge in [0.1, 0.15) is 13.1 Å². The molecule has 4 rings (SSSR count). The van der Waals surface area contributed by atoms with E-state index in [-0.39, 0.29) is 11.5 Å². The molecular weight excluding hydrogens is 408 g/mol. The Balaban J connectivity index is 1.38. The molecule has 172 valence electrons. The average molecular weight is 442 g/mol. The van der Waals surface area contributed by atoms with Crippen molar-refractivity contribution >= 4 is 16.8 Å². The van der Waals surface area contributed by atoms with Gasteiger partial charge in [0.05, 0.1) is 30.7 Å². The first-order chi connectivity index (χ1) is 15.6. The van der Waals surface area contributed by atoms with Crippen molar-refractivity contribution in [3.8, 4) is 0 Å². The molecule has 1 fully saturated rings. The van der Waals surface area contributed by atoms with Crippen LogP contribution in [-0.4, -0.2) is 54.9 Å². The number of amides is 1. The number of aromatic amines is 1. The van der Waals surface area contributed by atoms with Gasteiger partial charge in [-0.2, -0.15) is 0 Å². The molecule has 3 N–H and O–H groups in total. The predicted octanol–water partition coefficient (Wildman–Crippen LogP) is 0.615. The summed E-state index contributed by atoms with van der Waals surface area (Å²) in [5.74, 6) is -0.196. The Labute approximate surface area is 187 Å². The first-order valence-corrected chi connectivity index (χ1v) is 11.8. The number of carbonyl (C=O) groups is 1. The van der Waals surface area contributed by atoms with E-state index in [1.165, 1.54) is 27.9 Å². The van der Waals surface area contributed by atoms with Gasteiger partial charge in [0, 0.05) is 25.1 Å². The number of H-pyrrole nitrogens is 1. The molecule has 0 unspecified atom stereocenters. The van der Waals surface area contributed by atoms with Gasteiger partial charge in [0.2, 0.25) is 0 Å². The van der Waals surface area contributed by atoms with Gasteiger partial charge in [-0.25, -0.2) is 4.79 Å². The number of nitrogens with one attached hydrogen (secondary N) is 3. The Kier molecular flexibility index (Phi) is 7.55. The lowest BCUT2D eigenvalue weighted by atomic mass is 9.97. The summed E-state index contributed by atoms with van der Waals surface area (Å²) in [7, 11) is 0. The monoisotopic (exact) mass is 441 g/mol. The van der Waals surface area contributed by atoms with Crippen LogP contribution in [0.15, 0.2) is 39.4 Å².